The van der Waals surface area contributed by atoms with Crippen LogP contribution in [0.3, 0.4) is 0 Å². The van der Waals surface area contributed by atoms with Crippen LogP contribution >= 0.6 is 0 Å². The number of benzene rings is 1. The lowest BCUT2D eigenvalue weighted by Gasteiger charge is -2.24. The summed E-state index contributed by atoms with van der Waals surface area (Å²) in [5.41, 5.74) is 1.16. The van der Waals surface area contributed by atoms with Crippen molar-refractivity contribution in [2.75, 3.05) is 33.7 Å². The molecule has 0 bridgehead atoms. The van der Waals surface area contributed by atoms with Gasteiger partial charge in [-0.3, -0.25) is 9.80 Å². The Morgan fingerprint density at radius 2 is 1.58 bits per heavy atom. The Balaban J connectivity index is 2.29. The fraction of sp³-hybridized carbons (Fsp3) is 0.571. The quantitative estimate of drug-likeness (QED) is 0.780. The Morgan fingerprint density at radius 3 is 2.16 bits per heavy atom. The molecule has 1 aromatic rings. The SMILES string of the molecule is CN(Cc1ccccc1)CC(O)CN(C)CC(F)F. The molecule has 1 atom stereocenters. The molecule has 0 saturated carbocycles. The van der Waals surface area contributed by atoms with Crippen LogP contribution in [0.1, 0.15) is 5.56 Å². The maximum absolute atomic E-state index is 12.2. The lowest BCUT2D eigenvalue weighted by Crippen LogP contribution is -2.38. The molecule has 0 amide bonds. The number of aliphatic hydroxyl groups excluding tert-OH is 1. The van der Waals surface area contributed by atoms with E-state index in [1.807, 2.05) is 42.3 Å². The van der Waals surface area contributed by atoms with E-state index < -0.39 is 12.5 Å². The van der Waals surface area contributed by atoms with E-state index in [2.05, 4.69) is 0 Å². The predicted octanol–water partition coefficient (Wildman–Crippen LogP) is 1.68. The first-order valence-corrected chi connectivity index (χ1v) is 6.34. The standard InChI is InChI=1S/C14H22F2N2O/c1-17(8-12-6-4-3-5-7-12)9-13(19)10-18(2)11-14(15)16/h3-7,13-14,19H,8-11H2,1-2H3. The van der Waals surface area contributed by atoms with Gasteiger partial charge in [0.05, 0.1) is 12.6 Å². The van der Waals surface area contributed by atoms with Gasteiger partial charge in [-0.1, -0.05) is 30.3 Å². The molecule has 0 heterocycles. The number of aliphatic hydroxyl groups is 1. The molecular weight excluding hydrogens is 250 g/mol. The summed E-state index contributed by atoms with van der Waals surface area (Å²) in [5, 5.41) is 9.85. The van der Waals surface area contributed by atoms with E-state index in [1.54, 1.807) is 7.05 Å². The molecule has 3 nitrogen and oxygen atoms in total. The van der Waals surface area contributed by atoms with Gasteiger partial charge in [0.25, 0.3) is 6.43 Å². The molecule has 5 heteroatoms. The van der Waals surface area contributed by atoms with Gasteiger partial charge in [0.15, 0.2) is 0 Å². The van der Waals surface area contributed by atoms with Crippen LogP contribution in [0.5, 0.6) is 0 Å². The molecule has 0 aliphatic carbocycles. The van der Waals surface area contributed by atoms with Crippen LogP contribution in [0.15, 0.2) is 30.3 Å². The van der Waals surface area contributed by atoms with Crippen LogP contribution < -0.4 is 0 Å². The number of hydrogen-bond acceptors (Lipinski definition) is 3. The second-order valence-electron chi connectivity index (χ2n) is 4.95. The molecule has 1 unspecified atom stereocenters. The highest BCUT2D eigenvalue weighted by molar-refractivity contribution is 5.14. The van der Waals surface area contributed by atoms with Crippen molar-refractivity contribution in [1.29, 1.82) is 0 Å². The van der Waals surface area contributed by atoms with Crippen molar-refractivity contribution in [2.45, 2.75) is 19.1 Å². The van der Waals surface area contributed by atoms with Crippen LogP contribution in [0.4, 0.5) is 8.78 Å². The van der Waals surface area contributed by atoms with E-state index in [4.69, 9.17) is 0 Å². The van der Waals surface area contributed by atoms with Crippen molar-refractivity contribution < 1.29 is 13.9 Å². The van der Waals surface area contributed by atoms with Crippen LogP contribution in [-0.2, 0) is 6.54 Å². The van der Waals surface area contributed by atoms with Gasteiger partial charge >= 0.3 is 0 Å². The number of halogens is 2. The lowest BCUT2D eigenvalue weighted by atomic mass is 10.2. The first-order chi connectivity index (χ1) is 8.97. The fourth-order valence-corrected chi connectivity index (χ4v) is 2.05. The highest BCUT2D eigenvalue weighted by Crippen LogP contribution is 2.04. The molecule has 108 valence electrons. The van der Waals surface area contributed by atoms with Gasteiger partial charge in [-0.25, -0.2) is 8.78 Å². The molecule has 0 aliphatic heterocycles. The molecule has 0 radical (unpaired) electrons. The molecule has 0 spiro atoms. The zero-order chi connectivity index (χ0) is 14.3. The second kappa shape index (κ2) is 8.19. The minimum Gasteiger partial charge on any atom is -0.390 e. The molecule has 19 heavy (non-hydrogen) atoms. The maximum atomic E-state index is 12.2. The van der Waals surface area contributed by atoms with Crippen LogP contribution in [0.25, 0.3) is 0 Å². The molecule has 0 saturated heterocycles. The summed E-state index contributed by atoms with van der Waals surface area (Å²) in [7, 11) is 3.50. The van der Waals surface area contributed by atoms with Crippen molar-refractivity contribution >= 4 is 0 Å². The largest absolute Gasteiger partial charge is 0.390 e. The van der Waals surface area contributed by atoms with E-state index in [0.29, 0.717) is 6.54 Å². The molecule has 0 aromatic heterocycles. The average Bonchev–Trinajstić information content (AvgIpc) is 2.28. The first-order valence-electron chi connectivity index (χ1n) is 6.34. The number of hydrogen-bond donors (Lipinski definition) is 1. The summed E-state index contributed by atoms with van der Waals surface area (Å²) in [6.45, 7) is 1.14. The smallest absolute Gasteiger partial charge is 0.251 e. The Kier molecular flexibility index (Phi) is 6.91. The summed E-state index contributed by atoms with van der Waals surface area (Å²) in [4.78, 5) is 3.43. The summed E-state index contributed by atoms with van der Waals surface area (Å²) >= 11 is 0. The third kappa shape index (κ3) is 7.20. The zero-order valence-corrected chi connectivity index (χ0v) is 11.5. The van der Waals surface area contributed by atoms with E-state index >= 15 is 0 Å². The third-order valence-corrected chi connectivity index (χ3v) is 2.79. The summed E-state index contributed by atoms with van der Waals surface area (Å²) < 4.78 is 24.3. The highest BCUT2D eigenvalue weighted by atomic mass is 19.3. The summed E-state index contributed by atoms with van der Waals surface area (Å²) in [6, 6.07) is 9.93. The first kappa shape index (κ1) is 16.0. The monoisotopic (exact) mass is 272 g/mol. The molecular formula is C14H22F2N2O. The fourth-order valence-electron chi connectivity index (χ4n) is 2.05. The average molecular weight is 272 g/mol. The second-order valence-corrected chi connectivity index (χ2v) is 4.95. The Bertz CT molecular complexity index is 349. The lowest BCUT2D eigenvalue weighted by molar-refractivity contribution is 0.0543. The van der Waals surface area contributed by atoms with Gasteiger partial charge in [-0.2, -0.15) is 0 Å². The van der Waals surface area contributed by atoms with Crippen molar-refractivity contribution in [1.82, 2.24) is 9.80 Å². The van der Waals surface area contributed by atoms with Crippen molar-refractivity contribution in [3.8, 4) is 0 Å². The van der Waals surface area contributed by atoms with E-state index in [-0.39, 0.29) is 13.1 Å². The molecule has 0 fully saturated rings. The van der Waals surface area contributed by atoms with Crippen LogP contribution in [0.2, 0.25) is 0 Å². The zero-order valence-electron chi connectivity index (χ0n) is 11.5. The molecule has 0 aliphatic rings. The summed E-state index contributed by atoms with van der Waals surface area (Å²) in [6.07, 6.45) is -2.99. The Morgan fingerprint density at radius 1 is 1.00 bits per heavy atom. The molecule has 1 rings (SSSR count). The Labute approximate surface area is 113 Å². The van der Waals surface area contributed by atoms with Gasteiger partial charge in [0.2, 0.25) is 0 Å². The normalized spacial score (nSPS) is 13.5. The predicted molar refractivity (Wildman–Crippen MR) is 72.3 cm³/mol. The summed E-state index contributed by atoms with van der Waals surface area (Å²) in [5.74, 6) is 0. The van der Waals surface area contributed by atoms with Crippen LogP contribution in [0, 0.1) is 0 Å². The van der Waals surface area contributed by atoms with Gasteiger partial charge in [0.1, 0.15) is 0 Å². The molecule has 1 N–H and O–H groups in total. The van der Waals surface area contributed by atoms with Crippen molar-refractivity contribution in [2.24, 2.45) is 0 Å². The van der Waals surface area contributed by atoms with E-state index in [1.165, 1.54) is 4.90 Å². The minimum atomic E-state index is -2.36. The van der Waals surface area contributed by atoms with Gasteiger partial charge in [-0.05, 0) is 19.7 Å². The van der Waals surface area contributed by atoms with Gasteiger partial charge < -0.3 is 5.11 Å². The minimum absolute atomic E-state index is 0.253. The highest BCUT2D eigenvalue weighted by Gasteiger charge is 2.14. The van der Waals surface area contributed by atoms with Gasteiger partial charge in [-0.15, -0.1) is 0 Å². The Hall–Kier alpha value is -1.04. The number of nitrogens with zero attached hydrogens (tertiary/aromatic N) is 2. The topological polar surface area (TPSA) is 26.7 Å². The number of rotatable bonds is 8. The number of likely N-dealkylation sites (N-methyl/N-ethyl adjacent to an activating group) is 2. The van der Waals surface area contributed by atoms with Gasteiger partial charge in [0, 0.05) is 19.6 Å². The van der Waals surface area contributed by atoms with Crippen molar-refractivity contribution in [3.05, 3.63) is 35.9 Å². The number of alkyl halides is 2. The van der Waals surface area contributed by atoms with Crippen molar-refractivity contribution in [3.63, 3.8) is 0 Å². The maximum Gasteiger partial charge on any atom is 0.251 e. The van der Waals surface area contributed by atoms with Crippen LogP contribution in [-0.4, -0.2) is 61.2 Å². The van der Waals surface area contributed by atoms with E-state index in [9.17, 15) is 13.9 Å². The van der Waals surface area contributed by atoms with E-state index in [0.717, 1.165) is 12.1 Å². The third-order valence-electron chi connectivity index (χ3n) is 2.79. The molecule has 1 aromatic carbocycles.